The van der Waals surface area contributed by atoms with Gasteiger partial charge >= 0.3 is 0 Å². The first-order valence-electron chi connectivity index (χ1n) is 10.0. The number of amides is 1. The molecule has 0 bridgehead atoms. The number of carbonyl (C=O) groups excluding carboxylic acids is 2. The predicted octanol–water partition coefficient (Wildman–Crippen LogP) is 3.48. The molecule has 1 aromatic carbocycles. The standard InChI is InChI=1S/C22H28N2O4S2/c1-15-14-16(2)18(4)22(17(15)3)30(27,28)24-11-9-23(10-12-24)21(26)8-7-19(25)20-6-5-13-29-20/h5-6,13-14H,7-12H2,1-4H3. The van der Waals surface area contributed by atoms with E-state index in [0.717, 1.165) is 22.3 Å². The third-order valence-electron chi connectivity index (χ3n) is 5.85. The van der Waals surface area contributed by atoms with E-state index in [1.807, 2.05) is 45.2 Å². The van der Waals surface area contributed by atoms with Crippen LogP contribution in [0.15, 0.2) is 28.5 Å². The van der Waals surface area contributed by atoms with E-state index in [2.05, 4.69) is 0 Å². The number of thiophene rings is 1. The lowest BCUT2D eigenvalue weighted by atomic mass is 10.0. The molecule has 0 atom stereocenters. The minimum Gasteiger partial charge on any atom is -0.340 e. The van der Waals surface area contributed by atoms with Gasteiger partial charge in [-0.05, 0) is 61.4 Å². The topological polar surface area (TPSA) is 74.8 Å². The van der Waals surface area contributed by atoms with Crippen LogP contribution in [-0.2, 0) is 14.8 Å². The molecule has 1 saturated heterocycles. The van der Waals surface area contributed by atoms with Crippen LogP contribution in [-0.4, -0.2) is 55.5 Å². The van der Waals surface area contributed by atoms with E-state index in [9.17, 15) is 18.0 Å². The van der Waals surface area contributed by atoms with E-state index < -0.39 is 10.0 Å². The number of ketones is 1. The Morgan fingerprint density at radius 1 is 0.967 bits per heavy atom. The van der Waals surface area contributed by atoms with Gasteiger partial charge in [0, 0.05) is 39.0 Å². The van der Waals surface area contributed by atoms with Crippen molar-refractivity contribution in [2.75, 3.05) is 26.2 Å². The highest BCUT2D eigenvalue weighted by Crippen LogP contribution is 2.29. The summed E-state index contributed by atoms with van der Waals surface area (Å²) < 4.78 is 28.1. The van der Waals surface area contributed by atoms with Crippen LogP contribution in [0.1, 0.15) is 44.8 Å². The van der Waals surface area contributed by atoms with Crippen LogP contribution < -0.4 is 0 Å². The molecule has 0 unspecified atom stereocenters. The summed E-state index contributed by atoms with van der Waals surface area (Å²) >= 11 is 1.38. The SMILES string of the molecule is Cc1cc(C)c(C)c(S(=O)(=O)N2CCN(C(=O)CCC(=O)c3cccs3)CC2)c1C. The summed E-state index contributed by atoms with van der Waals surface area (Å²) in [5.41, 5.74) is 3.48. The van der Waals surface area contributed by atoms with Crippen molar-refractivity contribution in [3.63, 3.8) is 0 Å². The Labute approximate surface area is 182 Å². The maximum absolute atomic E-state index is 13.3. The van der Waals surface area contributed by atoms with Gasteiger partial charge in [-0.25, -0.2) is 8.42 Å². The minimum atomic E-state index is -3.63. The van der Waals surface area contributed by atoms with Crippen molar-refractivity contribution in [3.8, 4) is 0 Å². The van der Waals surface area contributed by atoms with Gasteiger partial charge in [0.2, 0.25) is 15.9 Å². The fourth-order valence-corrected chi connectivity index (χ4v) is 6.51. The first-order chi connectivity index (χ1) is 14.1. The molecule has 2 aromatic rings. The van der Waals surface area contributed by atoms with Crippen molar-refractivity contribution >= 4 is 33.1 Å². The third kappa shape index (κ3) is 4.50. The van der Waals surface area contributed by atoms with E-state index in [1.165, 1.54) is 15.6 Å². The van der Waals surface area contributed by atoms with E-state index in [4.69, 9.17) is 0 Å². The highest BCUT2D eigenvalue weighted by Gasteiger charge is 2.32. The van der Waals surface area contributed by atoms with Gasteiger partial charge in [-0.1, -0.05) is 12.1 Å². The molecule has 2 heterocycles. The highest BCUT2D eigenvalue weighted by atomic mass is 32.2. The van der Waals surface area contributed by atoms with Gasteiger partial charge in [-0.3, -0.25) is 9.59 Å². The van der Waals surface area contributed by atoms with Crippen LogP contribution >= 0.6 is 11.3 Å². The zero-order chi connectivity index (χ0) is 22.1. The fraction of sp³-hybridized carbons (Fsp3) is 0.455. The lowest BCUT2D eigenvalue weighted by Crippen LogP contribution is -2.50. The highest BCUT2D eigenvalue weighted by molar-refractivity contribution is 7.89. The molecule has 3 rings (SSSR count). The number of Topliss-reactive ketones (excluding diaryl/α,β-unsaturated/α-hetero) is 1. The normalized spacial score (nSPS) is 15.4. The zero-order valence-corrected chi connectivity index (χ0v) is 19.5. The summed E-state index contributed by atoms with van der Waals surface area (Å²) in [6.45, 7) is 8.75. The third-order valence-corrected chi connectivity index (χ3v) is 8.93. The van der Waals surface area contributed by atoms with Gasteiger partial charge in [-0.2, -0.15) is 4.31 Å². The van der Waals surface area contributed by atoms with Crippen molar-refractivity contribution in [1.82, 2.24) is 9.21 Å². The van der Waals surface area contributed by atoms with E-state index >= 15 is 0 Å². The summed E-state index contributed by atoms with van der Waals surface area (Å²) in [5.74, 6) is -0.129. The number of sulfonamides is 1. The number of aryl methyl sites for hydroxylation is 2. The van der Waals surface area contributed by atoms with Crippen LogP contribution in [0.4, 0.5) is 0 Å². The number of hydrogen-bond acceptors (Lipinski definition) is 5. The molecule has 1 aliphatic heterocycles. The monoisotopic (exact) mass is 448 g/mol. The zero-order valence-electron chi connectivity index (χ0n) is 17.9. The molecule has 0 spiro atoms. The van der Waals surface area contributed by atoms with Gasteiger partial charge < -0.3 is 4.90 Å². The number of rotatable bonds is 6. The summed E-state index contributed by atoms with van der Waals surface area (Å²) in [4.78, 5) is 27.3. The maximum atomic E-state index is 13.3. The first-order valence-corrected chi connectivity index (χ1v) is 12.4. The summed E-state index contributed by atoms with van der Waals surface area (Å²) in [6.07, 6.45) is 0.331. The molecule has 0 aliphatic carbocycles. The summed E-state index contributed by atoms with van der Waals surface area (Å²) in [5, 5.41) is 1.84. The number of piperazine rings is 1. The first kappa shape index (κ1) is 22.7. The second-order valence-corrected chi connectivity index (χ2v) is 10.6. The number of nitrogens with zero attached hydrogens (tertiary/aromatic N) is 2. The van der Waals surface area contributed by atoms with Crippen molar-refractivity contribution < 1.29 is 18.0 Å². The largest absolute Gasteiger partial charge is 0.340 e. The van der Waals surface area contributed by atoms with Crippen LogP contribution in [0.3, 0.4) is 0 Å². The molecular weight excluding hydrogens is 420 g/mol. The average molecular weight is 449 g/mol. The Kier molecular flexibility index (Phi) is 6.79. The fourth-order valence-electron chi connectivity index (χ4n) is 3.81. The van der Waals surface area contributed by atoms with Crippen LogP contribution in [0.2, 0.25) is 0 Å². The molecule has 30 heavy (non-hydrogen) atoms. The maximum Gasteiger partial charge on any atom is 0.243 e. The van der Waals surface area contributed by atoms with Gasteiger partial charge in [0.05, 0.1) is 9.77 Å². The molecular formula is C22H28N2O4S2. The Morgan fingerprint density at radius 2 is 1.57 bits per heavy atom. The van der Waals surface area contributed by atoms with Gasteiger partial charge in [-0.15, -0.1) is 11.3 Å². The minimum absolute atomic E-state index is 0.0275. The molecule has 162 valence electrons. The van der Waals surface area contributed by atoms with Crippen LogP contribution in [0.5, 0.6) is 0 Å². The van der Waals surface area contributed by atoms with Gasteiger partial charge in [0.1, 0.15) is 0 Å². The molecule has 1 amide bonds. The summed E-state index contributed by atoms with van der Waals surface area (Å²) in [7, 11) is -3.63. The van der Waals surface area contributed by atoms with Gasteiger partial charge in [0.25, 0.3) is 0 Å². The Morgan fingerprint density at radius 3 is 2.10 bits per heavy atom. The van der Waals surface area contributed by atoms with Crippen molar-refractivity contribution in [3.05, 3.63) is 50.7 Å². The van der Waals surface area contributed by atoms with E-state index in [-0.39, 0.29) is 37.6 Å². The number of benzene rings is 1. The van der Waals surface area contributed by atoms with E-state index in [0.29, 0.717) is 22.9 Å². The van der Waals surface area contributed by atoms with E-state index in [1.54, 1.807) is 11.0 Å². The van der Waals surface area contributed by atoms with Crippen molar-refractivity contribution in [2.45, 2.75) is 45.4 Å². The molecule has 0 radical (unpaired) electrons. The summed E-state index contributed by atoms with van der Waals surface area (Å²) in [6, 6.07) is 5.59. The lowest BCUT2D eigenvalue weighted by molar-refractivity contribution is -0.132. The van der Waals surface area contributed by atoms with Crippen molar-refractivity contribution in [1.29, 1.82) is 0 Å². The molecule has 1 aliphatic rings. The smallest absolute Gasteiger partial charge is 0.243 e. The molecule has 6 nitrogen and oxygen atoms in total. The van der Waals surface area contributed by atoms with Gasteiger partial charge in [0.15, 0.2) is 5.78 Å². The average Bonchev–Trinajstić information content (AvgIpc) is 3.25. The molecule has 0 N–H and O–H groups in total. The second-order valence-electron chi connectivity index (χ2n) is 7.77. The Bertz CT molecular complexity index is 1030. The molecule has 1 fully saturated rings. The molecule has 1 aromatic heterocycles. The predicted molar refractivity (Wildman–Crippen MR) is 119 cm³/mol. The number of carbonyl (C=O) groups is 2. The van der Waals surface area contributed by atoms with Crippen LogP contribution in [0, 0.1) is 27.7 Å². The van der Waals surface area contributed by atoms with Crippen molar-refractivity contribution in [2.24, 2.45) is 0 Å². The van der Waals surface area contributed by atoms with Crippen LogP contribution in [0.25, 0.3) is 0 Å². The second kappa shape index (κ2) is 8.99. The molecule has 0 saturated carbocycles. The Hall–Kier alpha value is -2.03. The molecule has 8 heteroatoms. The number of hydrogen-bond donors (Lipinski definition) is 0. The Balaban J connectivity index is 1.64. The quantitative estimate of drug-likeness (QED) is 0.634. The lowest BCUT2D eigenvalue weighted by Gasteiger charge is -2.34.